The average molecular weight is 359 g/mol. The quantitative estimate of drug-likeness (QED) is 0.860. The molecule has 0 radical (unpaired) electrons. The van der Waals surface area contributed by atoms with Crippen molar-refractivity contribution in [3.05, 3.63) is 46.5 Å². The number of carboxylic acid groups (broad SMARTS) is 1. The number of halogens is 1. The van der Waals surface area contributed by atoms with Crippen LogP contribution in [0.1, 0.15) is 47.6 Å². The molecule has 26 heavy (non-hydrogen) atoms. The van der Waals surface area contributed by atoms with Crippen molar-refractivity contribution >= 4 is 11.9 Å². The number of carbonyl (C=O) groups excluding carboxylic acids is 1. The van der Waals surface area contributed by atoms with Gasteiger partial charge in [-0.1, -0.05) is 12.1 Å². The Morgan fingerprint density at radius 3 is 2.73 bits per heavy atom. The van der Waals surface area contributed by atoms with Crippen LogP contribution in [0.5, 0.6) is 0 Å². The first-order valence-electron chi connectivity index (χ1n) is 8.60. The SMILES string of the molecule is Cc1cccc(F)c1-n1nc(C(=O)NCC(C)(C)C(=O)O)c2c1CCC2. The van der Waals surface area contributed by atoms with Gasteiger partial charge in [-0.2, -0.15) is 5.10 Å². The van der Waals surface area contributed by atoms with E-state index >= 15 is 0 Å². The fourth-order valence-electron chi connectivity index (χ4n) is 3.16. The molecule has 2 N–H and O–H groups in total. The molecule has 1 aliphatic rings. The fraction of sp³-hybridized carbons (Fsp3) is 0.421. The Hall–Kier alpha value is -2.70. The van der Waals surface area contributed by atoms with Crippen molar-refractivity contribution in [1.82, 2.24) is 15.1 Å². The van der Waals surface area contributed by atoms with Crippen molar-refractivity contribution in [3.8, 4) is 5.69 Å². The minimum Gasteiger partial charge on any atom is -0.481 e. The van der Waals surface area contributed by atoms with Gasteiger partial charge in [0.15, 0.2) is 5.69 Å². The molecule has 0 unspecified atom stereocenters. The zero-order valence-corrected chi connectivity index (χ0v) is 15.1. The maximum absolute atomic E-state index is 14.4. The molecule has 0 saturated carbocycles. The second-order valence-corrected chi connectivity index (χ2v) is 7.32. The Bertz CT molecular complexity index is 866. The van der Waals surface area contributed by atoms with E-state index in [0.29, 0.717) is 12.1 Å². The molecule has 0 spiro atoms. The summed E-state index contributed by atoms with van der Waals surface area (Å²) >= 11 is 0. The van der Waals surface area contributed by atoms with Gasteiger partial charge >= 0.3 is 5.97 Å². The number of para-hydroxylation sites is 1. The molecule has 7 heteroatoms. The van der Waals surface area contributed by atoms with Gasteiger partial charge in [-0.3, -0.25) is 9.59 Å². The van der Waals surface area contributed by atoms with Crippen LogP contribution in [-0.2, 0) is 17.6 Å². The third kappa shape index (κ3) is 3.09. The van der Waals surface area contributed by atoms with Crippen molar-refractivity contribution in [1.29, 1.82) is 0 Å². The number of hydrogen-bond acceptors (Lipinski definition) is 3. The first-order valence-corrected chi connectivity index (χ1v) is 8.60. The predicted octanol–water partition coefficient (Wildman–Crippen LogP) is 2.65. The summed E-state index contributed by atoms with van der Waals surface area (Å²) in [4.78, 5) is 23.8. The van der Waals surface area contributed by atoms with Crippen LogP contribution < -0.4 is 5.32 Å². The van der Waals surface area contributed by atoms with Crippen LogP contribution in [0.2, 0.25) is 0 Å². The summed E-state index contributed by atoms with van der Waals surface area (Å²) in [5.74, 6) is -1.80. The number of hydrogen-bond donors (Lipinski definition) is 2. The van der Waals surface area contributed by atoms with E-state index < -0.39 is 17.3 Å². The van der Waals surface area contributed by atoms with Crippen molar-refractivity contribution < 1.29 is 19.1 Å². The van der Waals surface area contributed by atoms with Crippen LogP contribution in [-0.4, -0.2) is 33.3 Å². The molecule has 0 bridgehead atoms. The number of aromatic nitrogens is 2. The van der Waals surface area contributed by atoms with Gasteiger partial charge in [-0.25, -0.2) is 9.07 Å². The number of benzene rings is 1. The van der Waals surface area contributed by atoms with Crippen molar-refractivity contribution in [2.45, 2.75) is 40.0 Å². The van der Waals surface area contributed by atoms with Gasteiger partial charge in [0.05, 0.1) is 5.41 Å². The first-order chi connectivity index (χ1) is 12.2. The molecule has 0 saturated heterocycles. The Morgan fingerprint density at radius 2 is 2.08 bits per heavy atom. The Morgan fingerprint density at radius 1 is 1.35 bits per heavy atom. The summed E-state index contributed by atoms with van der Waals surface area (Å²) in [5, 5.41) is 16.2. The van der Waals surface area contributed by atoms with E-state index in [2.05, 4.69) is 10.4 Å². The molecule has 1 heterocycles. The predicted molar refractivity (Wildman–Crippen MR) is 94.0 cm³/mol. The zero-order valence-electron chi connectivity index (χ0n) is 15.1. The largest absolute Gasteiger partial charge is 0.481 e. The lowest BCUT2D eigenvalue weighted by molar-refractivity contribution is -0.146. The topological polar surface area (TPSA) is 84.2 Å². The monoisotopic (exact) mass is 359 g/mol. The summed E-state index contributed by atoms with van der Waals surface area (Å²) in [6, 6.07) is 4.82. The van der Waals surface area contributed by atoms with E-state index in [4.69, 9.17) is 0 Å². The van der Waals surface area contributed by atoms with Crippen molar-refractivity contribution in [2.24, 2.45) is 5.41 Å². The van der Waals surface area contributed by atoms with E-state index in [-0.39, 0.29) is 18.1 Å². The van der Waals surface area contributed by atoms with Gasteiger partial charge in [0, 0.05) is 17.8 Å². The van der Waals surface area contributed by atoms with E-state index in [1.807, 2.05) is 0 Å². The molecular formula is C19H22FN3O3. The molecule has 0 fully saturated rings. The molecule has 1 aromatic carbocycles. The molecule has 0 aliphatic heterocycles. The lowest BCUT2D eigenvalue weighted by atomic mass is 9.94. The van der Waals surface area contributed by atoms with E-state index in [1.165, 1.54) is 10.7 Å². The molecule has 1 aliphatic carbocycles. The van der Waals surface area contributed by atoms with Gasteiger partial charge in [0.25, 0.3) is 5.91 Å². The summed E-state index contributed by atoms with van der Waals surface area (Å²) in [6.07, 6.45) is 2.31. The number of aliphatic carboxylic acids is 1. The van der Waals surface area contributed by atoms with Crippen molar-refractivity contribution in [3.63, 3.8) is 0 Å². The Kier molecular flexibility index (Phi) is 4.56. The minimum absolute atomic E-state index is 0.0124. The molecule has 6 nitrogen and oxygen atoms in total. The molecule has 2 aromatic rings. The Labute approximate surface area is 151 Å². The summed E-state index contributed by atoms with van der Waals surface area (Å²) < 4.78 is 15.9. The number of nitrogens with zero attached hydrogens (tertiary/aromatic N) is 2. The number of carbonyl (C=O) groups is 2. The number of rotatable bonds is 5. The number of amides is 1. The first kappa shape index (κ1) is 18.1. The summed E-state index contributed by atoms with van der Waals surface area (Å²) in [7, 11) is 0. The lowest BCUT2D eigenvalue weighted by Gasteiger charge is -2.19. The van der Waals surface area contributed by atoms with Crippen molar-refractivity contribution in [2.75, 3.05) is 6.54 Å². The maximum atomic E-state index is 14.4. The standard InChI is InChI=1S/C19H22FN3O3/c1-11-6-4-8-13(20)16(11)23-14-9-5-7-12(14)15(22-23)17(24)21-10-19(2,3)18(25)26/h4,6,8H,5,7,9-10H2,1-3H3,(H,21,24)(H,25,26). The maximum Gasteiger partial charge on any atom is 0.310 e. The highest BCUT2D eigenvalue weighted by Crippen LogP contribution is 2.30. The van der Waals surface area contributed by atoms with Gasteiger partial charge in [0.2, 0.25) is 0 Å². The van der Waals surface area contributed by atoms with Crippen LogP contribution >= 0.6 is 0 Å². The van der Waals surface area contributed by atoms with Gasteiger partial charge in [0.1, 0.15) is 11.5 Å². The second-order valence-electron chi connectivity index (χ2n) is 7.32. The zero-order chi connectivity index (χ0) is 19.1. The Balaban J connectivity index is 1.96. The fourth-order valence-corrected chi connectivity index (χ4v) is 3.16. The highest BCUT2D eigenvalue weighted by Gasteiger charge is 2.31. The highest BCUT2D eigenvalue weighted by atomic mass is 19.1. The van der Waals surface area contributed by atoms with Gasteiger partial charge in [-0.15, -0.1) is 0 Å². The minimum atomic E-state index is -1.08. The van der Waals surface area contributed by atoms with E-state index in [9.17, 15) is 19.1 Å². The summed E-state index contributed by atoms with van der Waals surface area (Å²) in [5.41, 5.74) is 1.93. The van der Waals surface area contributed by atoms with Crippen LogP contribution in [0.15, 0.2) is 18.2 Å². The van der Waals surface area contributed by atoms with Crippen LogP contribution in [0.4, 0.5) is 4.39 Å². The van der Waals surface area contributed by atoms with Crippen LogP contribution in [0, 0.1) is 18.2 Å². The van der Waals surface area contributed by atoms with Gasteiger partial charge < -0.3 is 10.4 Å². The van der Waals surface area contributed by atoms with E-state index in [0.717, 1.165) is 29.7 Å². The van der Waals surface area contributed by atoms with Gasteiger partial charge in [-0.05, 0) is 51.7 Å². The number of aryl methyl sites for hydroxylation is 1. The molecule has 1 amide bonds. The second kappa shape index (κ2) is 6.55. The molecule has 0 atom stereocenters. The van der Waals surface area contributed by atoms with Crippen LogP contribution in [0.25, 0.3) is 5.69 Å². The normalized spacial score (nSPS) is 13.5. The molecule has 1 aromatic heterocycles. The molecule has 3 rings (SSSR count). The third-order valence-electron chi connectivity index (χ3n) is 4.82. The number of fused-ring (bicyclic) bond motifs is 1. The molecule has 138 valence electrons. The van der Waals surface area contributed by atoms with E-state index in [1.54, 1.807) is 32.9 Å². The number of nitrogens with one attached hydrogen (secondary N) is 1. The third-order valence-corrected chi connectivity index (χ3v) is 4.82. The number of carboxylic acids is 1. The average Bonchev–Trinajstić information content (AvgIpc) is 3.16. The van der Waals surface area contributed by atoms with Crippen LogP contribution in [0.3, 0.4) is 0 Å². The lowest BCUT2D eigenvalue weighted by Crippen LogP contribution is -2.39. The smallest absolute Gasteiger partial charge is 0.310 e. The highest BCUT2D eigenvalue weighted by molar-refractivity contribution is 5.94. The molecular weight excluding hydrogens is 337 g/mol. The summed E-state index contributed by atoms with van der Waals surface area (Å²) in [6.45, 7) is 4.88.